The summed E-state index contributed by atoms with van der Waals surface area (Å²) in [6.45, 7) is 14.1. The fourth-order valence-electron chi connectivity index (χ4n) is 2.28. The van der Waals surface area contributed by atoms with E-state index in [1.807, 2.05) is 6.07 Å². The lowest BCUT2D eigenvalue weighted by Gasteiger charge is -2.29. The monoisotopic (exact) mass is 270 g/mol. The predicted octanol–water partition coefficient (Wildman–Crippen LogP) is 2.74. The first-order valence-electron chi connectivity index (χ1n) is 6.24. The SMILES string of the molecule is C#Cc1ccc([Si](C)(C)C)c([Si](C)(C)C)c1C#C. The molecule has 1 aromatic rings. The maximum absolute atomic E-state index is 5.73. The first-order chi connectivity index (χ1) is 8.12. The van der Waals surface area contributed by atoms with Gasteiger partial charge >= 0.3 is 0 Å². The lowest BCUT2D eigenvalue weighted by Crippen LogP contribution is -2.57. The minimum atomic E-state index is -1.50. The van der Waals surface area contributed by atoms with Gasteiger partial charge in [-0.05, 0) is 11.3 Å². The number of rotatable bonds is 2. The Kier molecular flexibility index (Phi) is 3.96. The molecule has 0 fully saturated rings. The second kappa shape index (κ2) is 4.80. The van der Waals surface area contributed by atoms with Crippen LogP contribution in [0.2, 0.25) is 39.3 Å². The van der Waals surface area contributed by atoms with Gasteiger partial charge < -0.3 is 0 Å². The number of terminal acetylenes is 2. The summed E-state index contributed by atoms with van der Waals surface area (Å²) in [5.74, 6) is 5.58. The van der Waals surface area contributed by atoms with Gasteiger partial charge in [0.1, 0.15) is 0 Å². The summed E-state index contributed by atoms with van der Waals surface area (Å²) < 4.78 is 0. The van der Waals surface area contributed by atoms with Gasteiger partial charge in [-0.15, -0.1) is 12.8 Å². The van der Waals surface area contributed by atoms with Crippen molar-refractivity contribution >= 4 is 26.5 Å². The first kappa shape index (κ1) is 14.8. The second-order valence-electron chi connectivity index (χ2n) is 6.70. The lowest BCUT2D eigenvalue weighted by atomic mass is 10.1. The third-order valence-electron chi connectivity index (χ3n) is 3.06. The minimum absolute atomic E-state index is 0.872. The lowest BCUT2D eigenvalue weighted by molar-refractivity contribution is 1.59. The van der Waals surface area contributed by atoms with Crippen LogP contribution in [0.15, 0.2) is 12.1 Å². The molecule has 0 aliphatic rings. The summed E-state index contributed by atoms with van der Waals surface area (Å²) in [7, 11) is -2.90. The van der Waals surface area contributed by atoms with Crippen LogP contribution in [0.25, 0.3) is 0 Å². The Morgan fingerprint density at radius 2 is 1.39 bits per heavy atom. The van der Waals surface area contributed by atoms with Crippen LogP contribution in [0.4, 0.5) is 0 Å². The molecule has 0 aliphatic heterocycles. The Bertz CT molecular complexity index is 541. The van der Waals surface area contributed by atoms with Gasteiger partial charge in [-0.1, -0.05) is 62.4 Å². The average molecular weight is 271 g/mol. The standard InChI is InChI=1S/C16H22Si2/c1-9-13-11-12-15(17(3,4)5)16(14(13)10-2)18(6,7)8/h1-2,11-12H,3-8H3. The van der Waals surface area contributed by atoms with Crippen molar-refractivity contribution in [1.82, 2.24) is 0 Å². The smallest absolute Gasteiger partial charge is 0.0791 e. The molecule has 0 aliphatic carbocycles. The predicted molar refractivity (Wildman–Crippen MR) is 88.3 cm³/mol. The molecule has 18 heavy (non-hydrogen) atoms. The van der Waals surface area contributed by atoms with E-state index < -0.39 is 16.1 Å². The van der Waals surface area contributed by atoms with Crippen molar-refractivity contribution in [2.75, 3.05) is 0 Å². The molecule has 0 atom stereocenters. The molecular formula is C16H22Si2. The van der Waals surface area contributed by atoms with Crippen molar-refractivity contribution in [1.29, 1.82) is 0 Å². The zero-order valence-corrected chi connectivity index (χ0v) is 14.3. The van der Waals surface area contributed by atoms with Crippen molar-refractivity contribution in [3.8, 4) is 24.7 Å². The zero-order chi connectivity index (χ0) is 14.1. The van der Waals surface area contributed by atoms with Crippen LogP contribution in [0.5, 0.6) is 0 Å². The molecule has 0 heterocycles. The van der Waals surface area contributed by atoms with Crippen molar-refractivity contribution < 1.29 is 0 Å². The molecule has 1 rings (SSSR count). The Balaban J connectivity index is 3.81. The Morgan fingerprint density at radius 3 is 1.72 bits per heavy atom. The van der Waals surface area contributed by atoms with E-state index in [2.05, 4.69) is 57.2 Å². The molecule has 2 heteroatoms. The molecule has 0 radical (unpaired) electrons. The summed E-state index contributed by atoms with van der Waals surface area (Å²) in [5.41, 5.74) is 1.84. The van der Waals surface area contributed by atoms with Crippen LogP contribution >= 0.6 is 0 Å². The van der Waals surface area contributed by atoms with Crippen LogP contribution in [0.1, 0.15) is 11.1 Å². The summed E-state index contributed by atoms with van der Waals surface area (Å²) in [5, 5.41) is 2.88. The highest BCUT2D eigenvalue weighted by atomic mass is 28.3. The van der Waals surface area contributed by atoms with Crippen molar-refractivity contribution in [3.05, 3.63) is 23.3 Å². The van der Waals surface area contributed by atoms with Gasteiger partial charge in [0, 0.05) is 11.1 Å². The summed E-state index contributed by atoms with van der Waals surface area (Å²) in [4.78, 5) is 0. The van der Waals surface area contributed by atoms with E-state index in [-0.39, 0.29) is 0 Å². The van der Waals surface area contributed by atoms with E-state index in [1.165, 1.54) is 10.4 Å². The molecule has 0 bridgehead atoms. The first-order valence-corrected chi connectivity index (χ1v) is 13.2. The van der Waals surface area contributed by atoms with E-state index in [9.17, 15) is 0 Å². The largest absolute Gasteiger partial charge is 0.115 e. The highest BCUT2D eigenvalue weighted by Crippen LogP contribution is 2.13. The van der Waals surface area contributed by atoms with Crippen LogP contribution in [-0.2, 0) is 0 Å². The second-order valence-corrected chi connectivity index (χ2v) is 16.7. The third kappa shape index (κ3) is 2.78. The van der Waals surface area contributed by atoms with Gasteiger partial charge in [-0.25, -0.2) is 0 Å². The number of benzene rings is 1. The van der Waals surface area contributed by atoms with E-state index >= 15 is 0 Å². The molecule has 1 aromatic carbocycles. The van der Waals surface area contributed by atoms with Gasteiger partial charge in [0.25, 0.3) is 0 Å². The van der Waals surface area contributed by atoms with E-state index in [1.54, 1.807) is 0 Å². The van der Waals surface area contributed by atoms with Crippen LogP contribution in [-0.4, -0.2) is 16.1 Å². The van der Waals surface area contributed by atoms with Crippen molar-refractivity contribution in [2.24, 2.45) is 0 Å². The van der Waals surface area contributed by atoms with E-state index in [4.69, 9.17) is 12.8 Å². The molecule has 0 N–H and O–H groups in total. The summed E-state index contributed by atoms with van der Waals surface area (Å²) in [6, 6.07) is 4.24. The minimum Gasteiger partial charge on any atom is -0.115 e. The van der Waals surface area contributed by atoms with Gasteiger partial charge in [0.2, 0.25) is 0 Å². The molecule has 0 saturated heterocycles. The van der Waals surface area contributed by atoms with Gasteiger partial charge in [-0.3, -0.25) is 0 Å². The van der Waals surface area contributed by atoms with Crippen molar-refractivity contribution in [2.45, 2.75) is 39.3 Å². The molecule has 0 amide bonds. The highest BCUT2D eigenvalue weighted by molar-refractivity contribution is 6.98. The quantitative estimate of drug-likeness (QED) is 0.573. The summed E-state index contributed by atoms with van der Waals surface area (Å²) >= 11 is 0. The third-order valence-corrected chi connectivity index (χ3v) is 7.37. The highest BCUT2D eigenvalue weighted by Gasteiger charge is 2.30. The van der Waals surface area contributed by atoms with Gasteiger partial charge in [0.15, 0.2) is 0 Å². The fourth-order valence-corrected chi connectivity index (χ4v) is 7.83. The normalized spacial score (nSPS) is 11.8. The molecule has 0 aromatic heterocycles. The summed E-state index contributed by atoms with van der Waals surface area (Å²) in [6.07, 6.45) is 11.3. The molecular weight excluding hydrogens is 248 g/mol. The molecule has 94 valence electrons. The Labute approximate surface area is 114 Å². The average Bonchev–Trinajstić information content (AvgIpc) is 2.24. The van der Waals surface area contributed by atoms with E-state index in [0.717, 1.165) is 11.1 Å². The topological polar surface area (TPSA) is 0 Å². The van der Waals surface area contributed by atoms with Gasteiger partial charge in [0.05, 0.1) is 16.1 Å². The molecule has 0 spiro atoms. The molecule has 0 nitrogen and oxygen atoms in total. The number of hydrogen-bond donors (Lipinski definition) is 0. The Hall–Kier alpha value is -1.23. The van der Waals surface area contributed by atoms with Crippen molar-refractivity contribution in [3.63, 3.8) is 0 Å². The molecule has 0 saturated carbocycles. The zero-order valence-electron chi connectivity index (χ0n) is 12.3. The fraction of sp³-hybridized carbons (Fsp3) is 0.375. The molecule has 0 unspecified atom stereocenters. The maximum Gasteiger partial charge on any atom is 0.0791 e. The number of hydrogen-bond acceptors (Lipinski definition) is 0. The van der Waals surface area contributed by atoms with Crippen LogP contribution < -0.4 is 10.4 Å². The van der Waals surface area contributed by atoms with Crippen LogP contribution in [0.3, 0.4) is 0 Å². The van der Waals surface area contributed by atoms with E-state index in [0.29, 0.717) is 0 Å². The van der Waals surface area contributed by atoms with Gasteiger partial charge in [-0.2, -0.15) is 0 Å². The van der Waals surface area contributed by atoms with Crippen LogP contribution in [0, 0.1) is 24.7 Å². The maximum atomic E-state index is 5.73. The Morgan fingerprint density at radius 1 is 0.833 bits per heavy atom.